The summed E-state index contributed by atoms with van der Waals surface area (Å²) < 4.78 is 0. The maximum Gasteiger partial charge on any atom is 0.222 e. The zero-order chi connectivity index (χ0) is 11.2. The molecule has 0 aromatic carbocycles. The molecule has 1 aromatic heterocycles. The van der Waals surface area contributed by atoms with Crippen LogP contribution in [-0.2, 0) is 0 Å². The van der Waals surface area contributed by atoms with E-state index in [0.717, 1.165) is 25.1 Å². The van der Waals surface area contributed by atoms with E-state index < -0.39 is 0 Å². The summed E-state index contributed by atoms with van der Waals surface area (Å²) in [5, 5.41) is 3.24. The second-order valence-electron chi connectivity index (χ2n) is 4.42. The molecule has 0 radical (unpaired) electrons. The quantitative estimate of drug-likeness (QED) is 0.821. The SMILES string of the molecule is CN(CCNc1ncccn1)C1CCCC1. The molecule has 1 heterocycles. The maximum atomic E-state index is 4.13. The number of likely N-dealkylation sites (N-methyl/N-ethyl adjacent to an activating group) is 1. The highest BCUT2D eigenvalue weighted by molar-refractivity contribution is 5.21. The predicted molar refractivity (Wildman–Crippen MR) is 65.4 cm³/mol. The first-order valence-electron chi connectivity index (χ1n) is 6.07. The molecule has 0 unspecified atom stereocenters. The van der Waals surface area contributed by atoms with Gasteiger partial charge in [-0.3, -0.25) is 0 Å². The molecule has 0 atom stereocenters. The van der Waals surface area contributed by atoms with Crippen LogP contribution in [0.2, 0.25) is 0 Å². The van der Waals surface area contributed by atoms with Gasteiger partial charge in [0.25, 0.3) is 0 Å². The first-order valence-corrected chi connectivity index (χ1v) is 6.07. The Kier molecular flexibility index (Phi) is 4.10. The minimum atomic E-state index is 0.724. The van der Waals surface area contributed by atoms with E-state index >= 15 is 0 Å². The summed E-state index contributed by atoms with van der Waals surface area (Å²) in [4.78, 5) is 10.7. The van der Waals surface area contributed by atoms with Crippen molar-refractivity contribution in [3.63, 3.8) is 0 Å². The van der Waals surface area contributed by atoms with Gasteiger partial charge in [0.1, 0.15) is 0 Å². The van der Waals surface area contributed by atoms with E-state index in [4.69, 9.17) is 0 Å². The molecular weight excluding hydrogens is 200 g/mol. The van der Waals surface area contributed by atoms with Crippen LogP contribution in [0.3, 0.4) is 0 Å². The third-order valence-corrected chi connectivity index (χ3v) is 3.26. The van der Waals surface area contributed by atoms with Crippen molar-refractivity contribution in [2.45, 2.75) is 31.7 Å². The van der Waals surface area contributed by atoms with Crippen LogP contribution in [-0.4, -0.2) is 41.0 Å². The number of anilines is 1. The van der Waals surface area contributed by atoms with Crippen LogP contribution < -0.4 is 5.32 Å². The lowest BCUT2D eigenvalue weighted by atomic mass is 10.2. The van der Waals surface area contributed by atoms with Crippen LogP contribution in [0.25, 0.3) is 0 Å². The fourth-order valence-corrected chi connectivity index (χ4v) is 2.26. The van der Waals surface area contributed by atoms with Crippen LogP contribution in [0.15, 0.2) is 18.5 Å². The van der Waals surface area contributed by atoms with Crippen LogP contribution in [0, 0.1) is 0 Å². The number of hydrogen-bond donors (Lipinski definition) is 1. The zero-order valence-electron chi connectivity index (χ0n) is 9.89. The van der Waals surface area contributed by atoms with Gasteiger partial charge in [-0.1, -0.05) is 12.8 Å². The highest BCUT2D eigenvalue weighted by atomic mass is 15.2. The molecule has 0 saturated heterocycles. The normalized spacial score (nSPS) is 16.9. The van der Waals surface area contributed by atoms with E-state index in [1.54, 1.807) is 12.4 Å². The molecule has 88 valence electrons. The highest BCUT2D eigenvalue weighted by Crippen LogP contribution is 2.21. The summed E-state index contributed by atoms with van der Waals surface area (Å²) in [7, 11) is 2.21. The molecule has 1 aliphatic rings. The molecule has 4 heteroatoms. The van der Waals surface area contributed by atoms with E-state index in [1.165, 1.54) is 25.7 Å². The third-order valence-electron chi connectivity index (χ3n) is 3.26. The van der Waals surface area contributed by atoms with Gasteiger partial charge in [0.05, 0.1) is 0 Å². The number of aromatic nitrogens is 2. The van der Waals surface area contributed by atoms with E-state index in [-0.39, 0.29) is 0 Å². The van der Waals surface area contributed by atoms with Crippen molar-refractivity contribution in [1.29, 1.82) is 0 Å². The van der Waals surface area contributed by atoms with Crippen molar-refractivity contribution in [3.8, 4) is 0 Å². The number of rotatable bonds is 5. The van der Waals surface area contributed by atoms with Gasteiger partial charge in [0, 0.05) is 31.5 Å². The van der Waals surface area contributed by atoms with Gasteiger partial charge in [0.15, 0.2) is 0 Å². The van der Waals surface area contributed by atoms with E-state index in [0.29, 0.717) is 0 Å². The van der Waals surface area contributed by atoms with Crippen molar-refractivity contribution < 1.29 is 0 Å². The van der Waals surface area contributed by atoms with Gasteiger partial charge in [-0.25, -0.2) is 9.97 Å². The molecule has 0 aliphatic heterocycles. The van der Waals surface area contributed by atoms with Gasteiger partial charge in [-0.2, -0.15) is 0 Å². The molecule has 1 N–H and O–H groups in total. The second kappa shape index (κ2) is 5.80. The van der Waals surface area contributed by atoms with Gasteiger partial charge >= 0.3 is 0 Å². The Hall–Kier alpha value is -1.16. The lowest BCUT2D eigenvalue weighted by Gasteiger charge is -2.23. The Morgan fingerprint density at radius 2 is 2.00 bits per heavy atom. The lowest BCUT2D eigenvalue weighted by Crippen LogP contribution is -2.33. The molecule has 1 fully saturated rings. The standard InChI is InChI=1S/C12H20N4/c1-16(11-5-2-3-6-11)10-9-15-12-13-7-4-8-14-12/h4,7-8,11H,2-3,5-6,9-10H2,1H3,(H,13,14,15). The van der Waals surface area contributed by atoms with Gasteiger partial charge in [0.2, 0.25) is 5.95 Å². The molecule has 16 heavy (non-hydrogen) atoms. The summed E-state index contributed by atoms with van der Waals surface area (Å²) in [5.41, 5.74) is 0. The molecule has 1 aromatic rings. The largest absolute Gasteiger partial charge is 0.353 e. The van der Waals surface area contributed by atoms with Crippen LogP contribution in [0.5, 0.6) is 0 Å². The fourth-order valence-electron chi connectivity index (χ4n) is 2.26. The number of nitrogens with zero attached hydrogens (tertiary/aromatic N) is 3. The summed E-state index contributed by atoms with van der Waals surface area (Å²) in [5.74, 6) is 0.724. The summed E-state index contributed by atoms with van der Waals surface area (Å²) in [6.07, 6.45) is 9.02. The van der Waals surface area contributed by atoms with Gasteiger partial charge in [-0.05, 0) is 26.0 Å². The lowest BCUT2D eigenvalue weighted by molar-refractivity contribution is 0.254. The first kappa shape index (κ1) is 11.3. The van der Waals surface area contributed by atoms with Crippen LogP contribution in [0.1, 0.15) is 25.7 Å². The molecule has 4 nitrogen and oxygen atoms in total. The molecule has 2 rings (SSSR count). The van der Waals surface area contributed by atoms with E-state index in [9.17, 15) is 0 Å². The molecule has 1 aliphatic carbocycles. The Morgan fingerprint density at radius 3 is 2.69 bits per heavy atom. The van der Waals surface area contributed by atoms with Crippen molar-refractivity contribution in [3.05, 3.63) is 18.5 Å². The molecule has 0 bridgehead atoms. The smallest absolute Gasteiger partial charge is 0.222 e. The Bertz CT molecular complexity index is 295. The Balaban J connectivity index is 1.67. The monoisotopic (exact) mass is 220 g/mol. The minimum absolute atomic E-state index is 0.724. The minimum Gasteiger partial charge on any atom is -0.353 e. The van der Waals surface area contributed by atoms with E-state index in [2.05, 4.69) is 27.2 Å². The van der Waals surface area contributed by atoms with E-state index in [1.807, 2.05) is 6.07 Å². The summed E-state index contributed by atoms with van der Waals surface area (Å²) >= 11 is 0. The van der Waals surface area contributed by atoms with Gasteiger partial charge in [-0.15, -0.1) is 0 Å². The highest BCUT2D eigenvalue weighted by Gasteiger charge is 2.18. The van der Waals surface area contributed by atoms with Crippen LogP contribution >= 0.6 is 0 Å². The molecular formula is C12H20N4. The predicted octanol–water partition coefficient (Wildman–Crippen LogP) is 1.76. The average molecular weight is 220 g/mol. The van der Waals surface area contributed by atoms with Crippen molar-refractivity contribution in [1.82, 2.24) is 14.9 Å². The van der Waals surface area contributed by atoms with Crippen molar-refractivity contribution in [2.24, 2.45) is 0 Å². The Labute approximate surface area is 97.1 Å². The number of nitrogens with one attached hydrogen (secondary N) is 1. The van der Waals surface area contributed by atoms with Crippen LogP contribution in [0.4, 0.5) is 5.95 Å². The van der Waals surface area contributed by atoms with Crippen molar-refractivity contribution >= 4 is 5.95 Å². The van der Waals surface area contributed by atoms with Gasteiger partial charge < -0.3 is 10.2 Å². The third kappa shape index (κ3) is 3.17. The number of hydrogen-bond acceptors (Lipinski definition) is 4. The zero-order valence-corrected chi connectivity index (χ0v) is 9.89. The summed E-state index contributed by atoms with van der Waals surface area (Å²) in [6.45, 7) is 1.97. The maximum absolute atomic E-state index is 4.13. The fraction of sp³-hybridized carbons (Fsp3) is 0.667. The molecule has 0 spiro atoms. The summed E-state index contributed by atoms with van der Waals surface area (Å²) in [6, 6.07) is 2.62. The topological polar surface area (TPSA) is 41.0 Å². The van der Waals surface area contributed by atoms with Crippen molar-refractivity contribution in [2.75, 3.05) is 25.5 Å². The first-order chi connectivity index (χ1) is 7.86. The average Bonchev–Trinajstić information content (AvgIpc) is 2.84. The molecule has 0 amide bonds. The Morgan fingerprint density at radius 1 is 1.31 bits per heavy atom. The molecule has 1 saturated carbocycles. The second-order valence-corrected chi connectivity index (χ2v) is 4.42.